The van der Waals surface area contributed by atoms with Gasteiger partial charge < -0.3 is 9.64 Å². The van der Waals surface area contributed by atoms with Crippen LogP contribution in [0.25, 0.3) is 0 Å². The molecule has 1 aromatic heterocycles. The second-order valence-electron chi connectivity index (χ2n) is 5.60. The van der Waals surface area contributed by atoms with Crippen LogP contribution in [0.2, 0.25) is 0 Å². The Balaban J connectivity index is 1.89. The molecule has 2 heterocycles. The standard InChI is InChI=1S/C16H23FN4O2/c1-3-4-5-15(23-16-18-10-14(17)11-19-16)12-20-6-8-21(9-7-20)13(2)22/h3,10-11,15H,1,4-9,12H2,2H3. The van der Waals surface area contributed by atoms with E-state index in [1.54, 1.807) is 6.92 Å². The summed E-state index contributed by atoms with van der Waals surface area (Å²) in [5, 5.41) is 0. The van der Waals surface area contributed by atoms with E-state index >= 15 is 0 Å². The second-order valence-corrected chi connectivity index (χ2v) is 5.60. The van der Waals surface area contributed by atoms with Gasteiger partial charge in [-0.15, -0.1) is 6.58 Å². The van der Waals surface area contributed by atoms with Crippen LogP contribution in [0.3, 0.4) is 0 Å². The van der Waals surface area contributed by atoms with Crippen LogP contribution in [0.1, 0.15) is 19.8 Å². The van der Waals surface area contributed by atoms with Gasteiger partial charge in [-0.2, -0.15) is 0 Å². The van der Waals surface area contributed by atoms with Gasteiger partial charge in [0.15, 0.2) is 5.82 Å². The van der Waals surface area contributed by atoms with Crippen molar-refractivity contribution in [3.63, 3.8) is 0 Å². The van der Waals surface area contributed by atoms with Crippen molar-refractivity contribution < 1.29 is 13.9 Å². The average molecular weight is 322 g/mol. The van der Waals surface area contributed by atoms with E-state index in [2.05, 4.69) is 21.4 Å². The summed E-state index contributed by atoms with van der Waals surface area (Å²) in [6.07, 6.45) is 5.55. The molecule has 23 heavy (non-hydrogen) atoms. The van der Waals surface area contributed by atoms with Crippen molar-refractivity contribution >= 4 is 5.91 Å². The maximum absolute atomic E-state index is 12.9. The summed E-state index contributed by atoms with van der Waals surface area (Å²) in [5.41, 5.74) is 0. The van der Waals surface area contributed by atoms with Gasteiger partial charge in [0.25, 0.3) is 0 Å². The molecule has 0 spiro atoms. The number of aromatic nitrogens is 2. The Morgan fingerprint density at radius 2 is 2.04 bits per heavy atom. The molecule has 1 saturated heterocycles. The highest BCUT2D eigenvalue weighted by molar-refractivity contribution is 5.73. The molecule has 0 N–H and O–H groups in total. The van der Waals surface area contributed by atoms with Crippen LogP contribution in [-0.4, -0.2) is 64.5 Å². The summed E-state index contributed by atoms with van der Waals surface area (Å²) < 4.78 is 18.7. The van der Waals surface area contributed by atoms with Crippen LogP contribution in [0.15, 0.2) is 25.0 Å². The zero-order chi connectivity index (χ0) is 16.7. The summed E-state index contributed by atoms with van der Waals surface area (Å²) in [7, 11) is 0. The highest BCUT2D eigenvalue weighted by atomic mass is 19.1. The number of halogens is 1. The Kier molecular flexibility index (Phi) is 6.46. The minimum Gasteiger partial charge on any atom is -0.459 e. The predicted octanol–water partition coefficient (Wildman–Crippen LogP) is 1.49. The lowest BCUT2D eigenvalue weighted by Crippen LogP contribution is -2.50. The van der Waals surface area contributed by atoms with Crippen LogP contribution in [0.4, 0.5) is 4.39 Å². The van der Waals surface area contributed by atoms with E-state index in [4.69, 9.17) is 4.74 Å². The molecule has 0 saturated carbocycles. The molecule has 1 aliphatic heterocycles. The van der Waals surface area contributed by atoms with E-state index in [0.717, 1.165) is 58.0 Å². The third kappa shape index (κ3) is 5.59. The molecule has 1 aliphatic rings. The zero-order valence-electron chi connectivity index (χ0n) is 13.4. The van der Waals surface area contributed by atoms with Gasteiger partial charge in [-0.3, -0.25) is 9.69 Å². The van der Waals surface area contributed by atoms with Gasteiger partial charge in [0, 0.05) is 39.6 Å². The minimum absolute atomic E-state index is 0.0951. The molecule has 6 nitrogen and oxygen atoms in total. The molecule has 1 amide bonds. The largest absolute Gasteiger partial charge is 0.459 e. The molecule has 2 rings (SSSR count). The maximum atomic E-state index is 12.9. The van der Waals surface area contributed by atoms with Crippen molar-refractivity contribution in [1.29, 1.82) is 0 Å². The van der Waals surface area contributed by atoms with Gasteiger partial charge in [0.2, 0.25) is 5.91 Å². The monoisotopic (exact) mass is 322 g/mol. The van der Waals surface area contributed by atoms with Crippen molar-refractivity contribution in [3.8, 4) is 6.01 Å². The SMILES string of the molecule is C=CCCC(CN1CCN(C(C)=O)CC1)Oc1ncc(F)cn1. The van der Waals surface area contributed by atoms with Crippen molar-refractivity contribution in [2.24, 2.45) is 0 Å². The molecule has 126 valence electrons. The summed E-state index contributed by atoms with van der Waals surface area (Å²) in [4.78, 5) is 23.2. The first-order chi connectivity index (χ1) is 11.1. The average Bonchev–Trinajstić information content (AvgIpc) is 2.55. The lowest BCUT2D eigenvalue weighted by molar-refractivity contribution is -0.130. The van der Waals surface area contributed by atoms with E-state index in [9.17, 15) is 9.18 Å². The number of allylic oxidation sites excluding steroid dienone is 1. The lowest BCUT2D eigenvalue weighted by Gasteiger charge is -2.35. The highest BCUT2D eigenvalue weighted by Gasteiger charge is 2.22. The topological polar surface area (TPSA) is 58.6 Å². The summed E-state index contributed by atoms with van der Waals surface area (Å²) in [6, 6.07) is 0.183. The molecule has 7 heteroatoms. The first-order valence-corrected chi connectivity index (χ1v) is 7.81. The number of hydrogen-bond donors (Lipinski definition) is 0. The van der Waals surface area contributed by atoms with Crippen LogP contribution in [-0.2, 0) is 4.79 Å². The summed E-state index contributed by atoms with van der Waals surface area (Å²) >= 11 is 0. The number of rotatable bonds is 7. The molecule has 0 aliphatic carbocycles. The van der Waals surface area contributed by atoms with E-state index < -0.39 is 5.82 Å². The first-order valence-electron chi connectivity index (χ1n) is 7.81. The lowest BCUT2D eigenvalue weighted by atomic mass is 10.1. The van der Waals surface area contributed by atoms with Gasteiger partial charge in [0.05, 0.1) is 12.4 Å². The maximum Gasteiger partial charge on any atom is 0.316 e. The molecule has 0 radical (unpaired) electrons. The number of piperazine rings is 1. The van der Waals surface area contributed by atoms with Gasteiger partial charge in [-0.1, -0.05) is 6.08 Å². The van der Waals surface area contributed by atoms with Crippen molar-refractivity contribution in [3.05, 3.63) is 30.9 Å². The number of hydrogen-bond acceptors (Lipinski definition) is 5. The van der Waals surface area contributed by atoms with Crippen LogP contribution in [0, 0.1) is 5.82 Å². The summed E-state index contributed by atoms with van der Waals surface area (Å²) in [6.45, 7) is 9.15. The highest BCUT2D eigenvalue weighted by Crippen LogP contribution is 2.12. The number of nitrogens with zero attached hydrogens (tertiary/aromatic N) is 4. The Bertz CT molecular complexity index is 515. The Morgan fingerprint density at radius 3 is 2.61 bits per heavy atom. The van der Waals surface area contributed by atoms with Crippen LogP contribution >= 0.6 is 0 Å². The third-order valence-corrected chi connectivity index (χ3v) is 3.84. The number of ether oxygens (including phenoxy) is 1. The number of carbonyl (C=O) groups excluding carboxylic acids is 1. The van der Waals surface area contributed by atoms with Crippen molar-refractivity contribution in [2.45, 2.75) is 25.9 Å². The molecule has 1 fully saturated rings. The van der Waals surface area contributed by atoms with Gasteiger partial charge in [-0.05, 0) is 12.8 Å². The van der Waals surface area contributed by atoms with Crippen molar-refractivity contribution in [1.82, 2.24) is 19.8 Å². The normalized spacial score (nSPS) is 16.9. The predicted molar refractivity (Wildman–Crippen MR) is 84.5 cm³/mol. The first kappa shape index (κ1) is 17.3. The van der Waals surface area contributed by atoms with Crippen LogP contribution in [0.5, 0.6) is 6.01 Å². The third-order valence-electron chi connectivity index (χ3n) is 3.84. The Hall–Kier alpha value is -2.02. The molecular formula is C16H23FN4O2. The fourth-order valence-corrected chi connectivity index (χ4v) is 2.53. The molecule has 1 atom stereocenters. The summed E-state index contributed by atoms with van der Waals surface area (Å²) in [5.74, 6) is -0.371. The van der Waals surface area contributed by atoms with Gasteiger partial charge in [0.1, 0.15) is 6.10 Å². The van der Waals surface area contributed by atoms with Gasteiger partial charge >= 0.3 is 6.01 Å². The fraction of sp³-hybridized carbons (Fsp3) is 0.562. The smallest absolute Gasteiger partial charge is 0.316 e. The zero-order valence-corrected chi connectivity index (χ0v) is 13.4. The number of carbonyl (C=O) groups is 1. The van der Waals surface area contributed by atoms with Gasteiger partial charge in [-0.25, -0.2) is 14.4 Å². The minimum atomic E-state index is -0.486. The fourth-order valence-electron chi connectivity index (χ4n) is 2.53. The Morgan fingerprint density at radius 1 is 1.39 bits per heavy atom. The van der Waals surface area contributed by atoms with Crippen molar-refractivity contribution in [2.75, 3.05) is 32.7 Å². The molecule has 1 aromatic rings. The van der Waals surface area contributed by atoms with E-state index in [0.29, 0.717) is 0 Å². The molecule has 0 aromatic carbocycles. The van der Waals surface area contributed by atoms with Crippen LogP contribution < -0.4 is 4.74 Å². The second kappa shape index (κ2) is 8.57. The number of amides is 1. The Labute approximate surface area is 136 Å². The molecule has 0 bridgehead atoms. The van der Waals surface area contributed by atoms with E-state index in [-0.39, 0.29) is 18.0 Å². The molecule has 1 unspecified atom stereocenters. The molecular weight excluding hydrogens is 299 g/mol. The quantitative estimate of drug-likeness (QED) is 0.712. The van der Waals surface area contributed by atoms with E-state index in [1.165, 1.54) is 0 Å². The van der Waals surface area contributed by atoms with E-state index in [1.807, 2.05) is 11.0 Å².